The van der Waals surface area contributed by atoms with Crippen molar-refractivity contribution >= 4 is 29.2 Å². The number of benzene rings is 2. The minimum atomic E-state index is -0.676. The number of aryl methyl sites for hydroxylation is 2. The maximum Gasteiger partial charge on any atom is 0.342 e. The van der Waals surface area contributed by atoms with Crippen LogP contribution in [0.15, 0.2) is 36.4 Å². The molecule has 0 aliphatic rings. The van der Waals surface area contributed by atoms with Gasteiger partial charge in [-0.3, -0.25) is 4.79 Å². The van der Waals surface area contributed by atoms with Crippen LogP contribution in [0.3, 0.4) is 0 Å². The summed E-state index contributed by atoms with van der Waals surface area (Å²) in [5, 5.41) is 3.07. The number of halogens is 1. The summed E-state index contributed by atoms with van der Waals surface area (Å²) in [5.74, 6) is -0.765. The second kappa shape index (κ2) is 7.84. The highest BCUT2D eigenvalue weighted by Gasteiger charge is 2.16. The molecule has 5 nitrogen and oxygen atoms in total. The second-order valence-corrected chi connectivity index (χ2v) is 5.78. The van der Waals surface area contributed by atoms with Crippen molar-refractivity contribution in [1.82, 2.24) is 0 Å². The van der Waals surface area contributed by atoms with E-state index < -0.39 is 18.5 Å². The Kier molecular flexibility index (Phi) is 5.82. The molecular formula is C18H18ClNO4. The van der Waals surface area contributed by atoms with E-state index in [1.807, 2.05) is 32.0 Å². The number of esters is 1. The normalized spacial score (nSPS) is 10.2. The molecule has 1 N–H and O–H groups in total. The molecule has 126 valence electrons. The summed E-state index contributed by atoms with van der Waals surface area (Å²) >= 11 is 5.87. The first kappa shape index (κ1) is 17.8. The number of methoxy groups -OCH3 is 1. The Morgan fingerprint density at radius 1 is 1.08 bits per heavy atom. The van der Waals surface area contributed by atoms with Gasteiger partial charge < -0.3 is 14.8 Å². The molecule has 0 aromatic heterocycles. The fourth-order valence-corrected chi connectivity index (χ4v) is 2.46. The molecular weight excluding hydrogens is 330 g/mol. The van der Waals surface area contributed by atoms with Crippen molar-refractivity contribution in [3.05, 3.63) is 58.1 Å². The van der Waals surface area contributed by atoms with E-state index in [-0.39, 0.29) is 5.56 Å². The van der Waals surface area contributed by atoms with Crippen LogP contribution in [0.5, 0.6) is 5.75 Å². The van der Waals surface area contributed by atoms with Crippen molar-refractivity contribution in [2.45, 2.75) is 13.8 Å². The van der Waals surface area contributed by atoms with Crippen LogP contribution in [-0.2, 0) is 9.53 Å². The van der Waals surface area contributed by atoms with Crippen molar-refractivity contribution in [3.63, 3.8) is 0 Å². The molecule has 0 saturated heterocycles. The lowest BCUT2D eigenvalue weighted by Gasteiger charge is -2.10. The zero-order valence-corrected chi connectivity index (χ0v) is 14.4. The van der Waals surface area contributed by atoms with E-state index in [2.05, 4.69) is 5.32 Å². The molecule has 0 unspecified atom stereocenters. The fourth-order valence-electron chi connectivity index (χ4n) is 2.29. The van der Waals surface area contributed by atoms with Gasteiger partial charge >= 0.3 is 5.97 Å². The van der Waals surface area contributed by atoms with Crippen LogP contribution < -0.4 is 10.1 Å². The Labute approximate surface area is 145 Å². The standard InChI is InChI=1S/C18H18ClNO4/c1-11-6-12(2)8-14(7-11)20-17(21)10-24-18(22)15-9-13(19)4-5-16(15)23-3/h4-9H,10H2,1-3H3,(H,20,21). The molecule has 0 fully saturated rings. The molecule has 1 amide bonds. The van der Waals surface area contributed by atoms with E-state index in [0.29, 0.717) is 16.5 Å². The number of amides is 1. The van der Waals surface area contributed by atoms with Crippen molar-refractivity contribution < 1.29 is 19.1 Å². The molecule has 6 heteroatoms. The third-order valence-corrected chi connectivity index (χ3v) is 3.46. The summed E-state index contributed by atoms with van der Waals surface area (Å²) in [6, 6.07) is 10.3. The maximum absolute atomic E-state index is 12.1. The van der Waals surface area contributed by atoms with Crippen LogP contribution in [0, 0.1) is 13.8 Å². The lowest BCUT2D eigenvalue weighted by molar-refractivity contribution is -0.119. The minimum Gasteiger partial charge on any atom is -0.496 e. The predicted molar refractivity (Wildman–Crippen MR) is 92.8 cm³/mol. The van der Waals surface area contributed by atoms with Crippen LogP contribution in [0.1, 0.15) is 21.5 Å². The molecule has 0 aliphatic heterocycles. The molecule has 24 heavy (non-hydrogen) atoms. The minimum absolute atomic E-state index is 0.171. The van der Waals surface area contributed by atoms with Gasteiger partial charge in [-0.25, -0.2) is 4.79 Å². The van der Waals surface area contributed by atoms with Crippen LogP contribution in [-0.4, -0.2) is 25.6 Å². The number of carbonyl (C=O) groups excluding carboxylic acids is 2. The Bertz CT molecular complexity index is 753. The summed E-state index contributed by atoms with van der Waals surface area (Å²) in [4.78, 5) is 24.0. The van der Waals surface area contributed by atoms with E-state index in [4.69, 9.17) is 21.1 Å². The van der Waals surface area contributed by atoms with Gasteiger partial charge in [-0.05, 0) is 55.3 Å². The number of rotatable bonds is 5. The summed E-state index contributed by atoms with van der Waals surface area (Å²) in [7, 11) is 1.44. The van der Waals surface area contributed by atoms with Gasteiger partial charge in [0.05, 0.1) is 7.11 Å². The summed E-state index contributed by atoms with van der Waals surface area (Å²) in [5.41, 5.74) is 2.90. The van der Waals surface area contributed by atoms with Gasteiger partial charge in [-0.1, -0.05) is 17.7 Å². The summed E-state index contributed by atoms with van der Waals surface area (Å²) in [6.45, 7) is 3.48. The van der Waals surface area contributed by atoms with Gasteiger partial charge in [0.1, 0.15) is 11.3 Å². The van der Waals surface area contributed by atoms with Gasteiger partial charge in [-0.2, -0.15) is 0 Å². The van der Waals surface area contributed by atoms with Crippen LogP contribution in [0.4, 0.5) is 5.69 Å². The molecule has 2 aromatic rings. The van der Waals surface area contributed by atoms with Gasteiger partial charge in [-0.15, -0.1) is 0 Å². The zero-order chi connectivity index (χ0) is 17.7. The Balaban J connectivity index is 1.98. The van der Waals surface area contributed by atoms with Gasteiger partial charge in [0.25, 0.3) is 5.91 Å². The largest absolute Gasteiger partial charge is 0.496 e. The monoisotopic (exact) mass is 347 g/mol. The van der Waals surface area contributed by atoms with Crippen LogP contribution >= 0.6 is 11.6 Å². The average molecular weight is 348 g/mol. The van der Waals surface area contributed by atoms with Gasteiger partial charge in [0.2, 0.25) is 0 Å². The number of anilines is 1. The molecule has 2 rings (SSSR count). The van der Waals surface area contributed by atoms with E-state index in [0.717, 1.165) is 11.1 Å². The highest BCUT2D eigenvalue weighted by Crippen LogP contribution is 2.23. The van der Waals surface area contributed by atoms with Crippen molar-refractivity contribution in [1.29, 1.82) is 0 Å². The number of ether oxygens (including phenoxy) is 2. The number of hydrogen-bond donors (Lipinski definition) is 1. The fraction of sp³-hybridized carbons (Fsp3) is 0.222. The van der Waals surface area contributed by atoms with Crippen molar-refractivity contribution in [3.8, 4) is 5.75 Å². The quantitative estimate of drug-likeness (QED) is 0.836. The molecule has 0 aliphatic carbocycles. The first-order valence-corrected chi connectivity index (χ1v) is 7.65. The van der Waals surface area contributed by atoms with E-state index in [1.54, 1.807) is 12.1 Å². The number of nitrogens with one attached hydrogen (secondary N) is 1. The van der Waals surface area contributed by atoms with Crippen molar-refractivity contribution in [2.75, 3.05) is 19.0 Å². The highest BCUT2D eigenvalue weighted by molar-refractivity contribution is 6.31. The first-order valence-electron chi connectivity index (χ1n) is 7.28. The van der Waals surface area contributed by atoms with E-state index >= 15 is 0 Å². The topological polar surface area (TPSA) is 64.6 Å². The smallest absolute Gasteiger partial charge is 0.342 e. The Morgan fingerprint density at radius 3 is 2.38 bits per heavy atom. The molecule has 0 bridgehead atoms. The molecule has 0 saturated carbocycles. The summed E-state index contributed by atoms with van der Waals surface area (Å²) in [6.07, 6.45) is 0. The van der Waals surface area contributed by atoms with Crippen LogP contribution in [0.2, 0.25) is 5.02 Å². The summed E-state index contributed by atoms with van der Waals surface area (Å²) < 4.78 is 10.1. The third-order valence-electron chi connectivity index (χ3n) is 3.22. The third kappa shape index (κ3) is 4.73. The van der Waals surface area contributed by atoms with Gasteiger partial charge in [0.15, 0.2) is 6.61 Å². The Hall–Kier alpha value is -2.53. The molecule has 0 atom stereocenters. The predicted octanol–water partition coefficient (Wildman–Crippen LogP) is 3.76. The van der Waals surface area contributed by atoms with E-state index in [9.17, 15) is 9.59 Å². The number of hydrogen-bond acceptors (Lipinski definition) is 4. The average Bonchev–Trinajstić information content (AvgIpc) is 2.51. The highest BCUT2D eigenvalue weighted by atomic mass is 35.5. The SMILES string of the molecule is COc1ccc(Cl)cc1C(=O)OCC(=O)Nc1cc(C)cc(C)c1. The zero-order valence-electron chi connectivity index (χ0n) is 13.7. The Morgan fingerprint density at radius 2 is 1.75 bits per heavy atom. The maximum atomic E-state index is 12.1. The van der Waals surface area contributed by atoms with Gasteiger partial charge in [0, 0.05) is 10.7 Å². The van der Waals surface area contributed by atoms with Crippen molar-refractivity contribution in [2.24, 2.45) is 0 Å². The van der Waals surface area contributed by atoms with E-state index in [1.165, 1.54) is 13.2 Å². The van der Waals surface area contributed by atoms with Crippen LogP contribution in [0.25, 0.3) is 0 Å². The second-order valence-electron chi connectivity index (χ2n) is 5.35. The first-order chi connectivity index (χ1) is 11.4. The lowest BCUT2D eigenvalue weighted by atomic mass is 10.1. The number of carbonyl (C=O) groups is 2. The molecule has 0 radical (unpaired) electrons. The molecule has 2 aromatic carbocycles. The molecule has 0 heterocycles. The molecule has 0 spiro atoms. The lowest BCUT2D eigenvalue weighted by Crippen LogP contribution is -2.21.